The minimum absolute atomic E-state index is 0.259. The number of ether oxygens (including phenoxy) is 1. The van der Waals surface area contributed by atoms with E-state index in [4.69, 9.17) is 4.74 Å². The van der Waals surface area contributed by atoms with E-state index in [1.54, 1.807) is 24.5 Å². The van der Waals surface area contributed by atoms with Gasteiger partial charge in [0.15, 0.2) is 5.96 Å². The predicted molar refractivity (Wildman–Crippen MR) is 116 cm³/mol. The van der Waals surface area contributed by atoms with Crippen molar-refractivity contribution in [2.24, 2.45) is 4.99 Å². The molecule has 6 nitrogen and oxygen atoms in total. The zero-order valence-electron chi connectivity index (χ0n) is 16.5. The normalized spacial score (nSPS) is 11.2. The fraction of sp³-hybridized carbons (Fsp3) is 0.227. The van der Waals surface area contributed by atoms with Gasteiger partial charge >= 0.3 is 5.97 Å². The van der Waals surface area contributed by atoms with Crippen LogP contribution in [0.4, 0.5) is 0 Å². The van der Waals surface area contributed by atoms with Crippen LogP contribution in [-0.4, -0.2) is 24.0 Å². The van der Waals surface area contributed by atoms with Gasteiger partial charge in [0.25, 0.3) is 0 Å². The minimum atomic E-state index is -0.336. The fourth-order valence-corrected chi connectivity index (χ4v) is 3.39. The van der Waals surface area contributed by atoms with Gasteiger partial charge < -0.3 is 15.4 Å². The molecular formula is C22H24N4O2S. The third-order valence-corrected chi connectivity index (χ3v) is 5.05. The van der Waals surface area contributed by atoms with Gasteiger partial charge in [-0.15, -0.1) is 11.3 Å². The van der Waals surface area contributed by atoms with Crippen LogP contribution in [0.1, 0.15) is 31.4 Å². The predicted octanol–water partition coefficient (Wildman–Crippen LogP) is 3.67. The van der Waals surface area contributed by atoms with Crippen LogP contribution in [0.25, 0.3) is 0 Å². The number of aliphatic imine (C=N–C) groups is 1. The van der Waals surface area contributed by atoms with E-state index >= 15 is 0 Å². The fourth-order valence-electron chi connectivity index (χ4n) is 2.66. The Morgan fingerprint density at radius 2 is 1.83 bits per heavy atom. The Morgan fingerprint density at radius 1 is 1.07 bits per heavy atom. The molecule has 3 aromatic rings. The molecule has 0 aliphatic heterocycles. The number of carbonyl (C=O) groups is 1. The second kappa shape index (κ2) is 10.4. The Bertz CT molecular complexity index is 970. The number of benzene rings is 2. The lowest BCUT2D eigenvalue weighted by Crippen LogP contribution is -2.36. The van der Waals surface area contributed by atoms with E-state index in [1.165, 1.54) is 4.88 Å². The Labute approximate surface area is 174 Å². The summed E-state index contributed by atoms with van der Waals surface area (Å²) in [7, 11) is 1.72. The molecule has 0 saturated carbocycles. The first-order chi connectivity index (χ1) is 14.1. The van der Waals surface area contributed by atoms with Gasteiger partial charge in [0.2, 0.25) is 0 Å². The molecule has 3 rings (SSSR count). The third-order valence-electron chi connectivity index (χ3n) is 4.14. The van der Waals surface area contributed by atoms with E-state index in [0.29, 0.717) is 24.6 Å². The first-order valence-electron chi connectivity index (χ1n) is 9.30. The van der Waals surface area contributed by atoms with Gasteiger partial charge in [-0.2, -0.15) is 0 Å². The van der Waals surface area contributed by atoms with Crippen molar-refractivity contribution in [1.29, 1.82) is 0 Å². The van der Waals surface area contributed by atoms with Gasteiger partial charge in [-0.1, -0.05) is 42.5 Å². The van der Waals surface area contributed by atoms with Crippen LogP contribution in [0.2, 0.25) is 0 Å². The van der Waals surface area contributed by atoms with Crippen LogP contribution >= 0.6 is 11.3 Å². The Morgan fingerprint density at radius 3 is 2.55 bits per heavy atom. The van der Waals surface area contributed by atoms with Gasteiger partial charge in [-0.25, -0.2) is 9.78 Å². The number of rotatable bonds is 7. The number of hydrogen-bond acceptors (Lipinski definition) is 5. The number of hydrogen-bond donors (Lipinski definition) is 2. The van der Waals surface area contributed by atoms with Gasteiger partial charge in [-0.05, 0) is 30.2 Å². The van der Waals surface area contributed by atoms with Crippen molar-refractivity contribution in [3.8, 4) is 0 Å². The van der Waals surface area contributed by atoms with Gasteiger partial charge in [0.1, 0.15) is 11.6 Å². The van der Waals surface area contributed by atoms with Crippen molar-refractivity contribution in [2.45, 2.75) is 26.6 Å². The highest BCUT2D eigenvalue weighted by Gasteiger charge is 2.09. The first kappa shape index (κ1) is 20.5. The average Bonchev–Trinajstić information content (AvgIpc) is 3.18. The number of aromatic nitrogens is 1. The molecule has 150 valence electrons. The van der Waals surface area contributed by atoms with Crippen LogP contribution in [0, 0.1) is 6.92 Å². The molecule has 2 aromatic carbocycles. The molecule has 0 unspecified atom stereocenters. The first-order valence-corrected chi connectivity index (χ1v) is 10.1. The van der Waals surface area contributed by atoms with Crippen molar-refractivity contribution in [2.75, 3.05) is 7.05 Å². The molecule has 0 saturated heterocycles. The number of esters is 1. The molecule has 1 aromatic heterocycles. The maximum absolute atomic E-state index is 12.3. The molecule has 0 aliphatic rings. The lowest BCUT2D eigenvalue weighted by molar-refractivity contribution is 0.0472. The summed E-state index contributed by atoms with van der Waals surface area (Å²) in [5.41, 5.74) is 2.46. The van der Waals surface area contributed by atoms with Gasteiger partial charge in [-0.3, -0.25) is 4.99 Å². The van der Waals surface area contributed by atoms with Crippen LogP contribution in [0.15, 0.2) is 65.8 Å². The second-order valence-electron chi connectivity index (χ2n) is 6.41. The largest absolute Gasteiger partial charge is 0.457 e. The smallest absolute Gasteiger partial charge is 0.338 e. The molecule has 2 N–H and O–H groups in total. The Kier molecular flexibility index (Phi) is 7.35. The topological polar surface area (TPSA) is 75.6 Å². The van der Waals surface area contributed by atoms with E-state index in [0.717, 1.165) is 16.1 Å². The summed E-state index contributed by atoms with van der Waals surface area (Å²) in [5.74, 6) is 0.340. The number of thiazole rings is 1. The van der Waals surface area contributed by atoms with Crippen molar-refractivity contribution >= 4 is 23.3 Å². The van der Waals surface area contributed by atoms with Crippen LogP contribution in [-0.2, 0) is 24.4 Å². The quantitative estimate of drug-likeness (QED) is 0.354. The van der Waals surface area contributed by atoms with E-state index in [1.807, 2.05) is 61.7 Å². The zero-order valence-corrected chi connectivity index (χ0v) is 17.3. The molecule has 1 heterocycles. The van der Waals surface area contributed by atoms with Crippen LogP contribution in [0.3, 0.4) is 0 Å². The standard InChI is InChI=1S/C22H24N4O2S/c1-16-12-24-20(29-16)14-26-22(23-2)25-13-18-9-6-10-19(11-18)21(27)28-15-17-7-4-3-5-8-17/h3-12H,13-15H2,1-2H3,(H2,23,25,26). The number of aryl methyl sites for hydroxylation is 1. The van der Waals surface area contributed by atoms with E-state index in [-0.39, 0.29) is 12.6 Å². The van der Waals surface area contributed by atoms with Crippen molar-refractivity contribution in [3.05, 3.63) is 87.4 Å². The molecule has 0 radical (unpaired) electrons. The second-order valence-corrected chi connectivity index (χ2v) is 7.73. The highest BCUT2D eigenvalue weighted by Crippen LogP contribution is 2.11. The van der Waals surface area contributed by atoms with Crippen molar-refractivity contribution < 1.29 is 9.53 Å². The van der Waals surface area contributed by atoms with Crippen molar-refractivity contribution in [3.63, 3.8) is 0 Å². The lowest BCUT2D eigenvalue weighted by Gasteiger charge is -2.12. The lowest BCUT2D eigenvalue weighted by atomic mass is 10.1. The SMILES string of the molecule is CN=C(NCc1cccc(C(=O)OCc2ccccc2)c1)NCc1ncc(C)s1. The summed E-state index contributed by atoms with van der Waals surface area (Å²) in [6, 6.07) is 17.0. The maximum Gasteiger partial charge on any atom is 0.338 e. The molecule has 0 amide bonds. The molecule has 0 bridgehead atoms. The Hall–Kier alpha value is -3.19. The van der Waals surface area contributed by atoms with Crippen molar-refractivity contribution in [1.82, 2.24) is 15.6 Å². The Balaban J connectivity index is 1.51. The van der Waals surface area contributed by atoms with Crippen LogP contribution < -0.4 is 10.6 Å². The molecular weight excluding hydrogens is 384 g/mol. The molecule has 0 spiro atoms. The number of nitrogens with zero attached hydrogens (tertiary/aromatic N) is 2. The monoisotopic (exact) mass is 408 g/mol. The summed E-state index contributed by atoms with van der Waals surface area (Å²) in [4.78, 5) is 22.1. The number of nitrogens with one attached hydrogen (secondary N) is 2. The summed E-state index contributed by atoms with van der Waals surface area (Å²) >= 11 is 1.66. The van der Waals surface area contributed by atoms with Gasteiger partial charge in [0.05, 0.1) is 12.1 Å². The molecule has 0 aliphatic carbocycles. The van der Waals surface area contributed by atoms with E-state index in [2.05, 4.69) is 20.6 Å². The summed E-state index contributed by atoms with van der Waals surface area (Å²) in [6.07, 6.45) is 1.86. The summed E-state index contributed by atoms with van der Waals surface area (Å²) in [6.45, 7) is 3.45. The molecule has 0 fully saturated rings. The minimum Gasteiger partial charge on any atom is -0.457 e. The number of carbonyl (C=O) groups excluding carboxylic acids is 1. The summed E-state index contributed by atoms with van der Waals surface area (Å²) < 4.78 is 5.40. The third kappa shape index (κ3) is 6.43. The molecule has 29 heavy (non-hydrogen) atoms. The van der Waals surface area contributed by atoms with Gasteiger partial charge in [0, 0.05) is 24.7 Å². The maximum atomic E-state index is 12.3. The summed E-state index contributed by atoms with van der Waals surface area (Å²) in [5, 5.41) is 7.50. The zero-order chi connectivity index (χ0) is 20.5. The van der Waals surface area contributed by atoms with E-state index in [9.17, 15) is 4.79 Å². The highest BCUT2D eigenvalue weighted by atomic mass is 32.1. The van der Waals surface area contributed by atoms with Crippen LogP contribution in [0.5, 0.6) is 0 Å². The average molecular weight is 409 g/mol. The molecule has 7 heteroatoms. The molecule has 0 atom stereocenters. The van der Waals surface area contributed by atoms with E-state index < -0.39 is 0 Å². The number of guanidine groups is 1. The highest BCUT2D eigenvalue weighted by molar-refractivity contribution is 7.11.